The fraction of sp³-hybridized carbons (Fsp3) is 0.471. The van der Waals surface area contributed by atoms with E-state index < -0.39 is 0 Å². The summed E-state index contributed by atoms with van der Waals surface area (Å²) in [6.07, 6.45) is 7.03. The van der Waals surface area contributed by atoms with E-state index in [4.69, 9.17) is 4.74 Å². The highest BCUT2D eigenvalue weighted by molar-refractivity contribution is 5.89. The molecule has 1 unspecified atom stereocenters. The maximum absolute atomic E-state index is 11.4. The van der Waals surface area contributed by atoms with E-state index in [1.54, 1.807) is 0 Å². The molecule has 0 radical (unpaired) electrons. The number of carbonyl (C=O) groups is 1. The zero-order valence-electron chi connectivity index (χ0n) is 11.4. The third kappa shape index (κ3) is 4.13. The van der Waals surface area contributed by atoms with Gasteiger partial charge >= 0.3 is 5.97 Å². The van der Waals surface area contributed by atoms with Gasteiger partial charge in [0.15, 0.2) is 0 Å². The quantitative estimate of drug-likeness (QED) is 0.610. The normalized spacial score (nSPS) is 18.7. The van der Waals surface area contributed by atoms with Crippen molar-refractivity contribution in [3.63, 3.8) is 0 Å². The number of methoxy groups -OCH3 is 1. The highest BCUT2D eigenvalue weighted by Crippen LogP contribution is 2.18. The van der Waals surface area contributed by atoms with Gasteiger partial charge < -0.3 is 4.74 Å². The van der Waals surface area contributed by atoms with Crippen LogP contribution in [0.4, 0.5) is 0 Å². The molecule has 0 heterocycles. The maximum atomic E-state index is 11.4. The predicted molar refractivity (Wildman–Crippen MR) is 75.8 cm³/mol. The van der Waals surface area contributed by atoms with Crippen molar-refractivity contribution in [1.29, 1.82) is 0 Å². The Hall–Kier alpha value is -1.75. The molecule has 1 aliphatic rings. The molecular formula is C17H20O2. The van der Waals surface area contributed by atoms with Crippen LogP contribution < -0.4 is 0 Å². The molecule has 2 nitrogen and oxygen atoms in total. The molecule has 2 heteroatoms. The van der Waals surface area contributed by atoms with E-state index in [2.05, 4.69) is 11.8 Å². The first kappa shape index (κ1) is 13.7. The van der Waals surface area contributed by atoms with Crippen molar-refractivity contribution in [2.45, 2.75) is 38.5 Å². The third-order valence-corrected chi connectivity index (χ3v) is 3.52. The average Bonchev–Trinajstić information content (AvgIpc) is 2.41. The van der Waals surface area contributed by atoms with Crippen molar-refractivity contribution in [2.24, 2.45) is 5.92 Å². The molecule has 0 saturated heterocycles. The molecule has 1 aliphatic carbocycles. The first-order valence-corrected chi connectivity index (χ1v) is 6.95. The van der Waals surface area contributed by atoms with E-state index in [-0.39, 0.29) is 5.97 Å². The number of benzene rings is 1. The number of carbonyl (C=O) groups excluding carboxylic acids is 1. The van der Waals surface area contributed by atoms with Crippen LogP contribution in [0.3, 0.4) is 0 Å². The summed E-state index contributed by atoms with van der Waals surface area (Å²) in [6, 6.07) is 7.68. The molecule has 19 heavy (non-hydrogen) atoms. The van der Waals surface area contributed by atoms with Crippen molar-refractivity contribution in [1.82, 2.24) is 0 Å². The van der Waals surface area contributed by atoms with Crippen LogP contribution in [0.15, 0.2) is 24.3 Å². The average molecular weight is 256 g/mol. The van der Waals surface area contributed by atoms with Crippen molar-refractivity contribution >= 4 is 5.97 Å². The number of rotatable bonds is 3. The van der Waals surface area contributed by atoms with Crippen LogP contribution in [0.2, 0.25) is 0 Å². The second-order valence-corrected chi connectivity index (χ2v) is 5.01. The van der Waals surface area contributed by atoms with E-state index in [1.165, 1.54) is 38.4 Å². The van der Waals surface area contributed by atoms with Crippen LogP contribution in [-0.4, -0.2) is 13.1 Å². The van der Waals surface area contributed by atoms with Crippen LogP contribution in [0, 0.1) is 17.8 Å². The molecule has 2 rings (SSSR count). The Morgan fingerprint density at radius 2 is 2.05 bits per heavy atom. The lowest BCUT2D eigenvalue weighted by Crippen LogP contribution is -2.05. The molecular weight excluding hydrogens is 236 g/mol. The van der Waals surface area contributed by atoms with Gasteiger partial charge in [-0.2, -0.15) is 0 Å². The summed E-state index contributed by atoms with van der Waals surface area (Å²) in [5.41, 5.74) is 1.85. The first-order chi connectivity index (χ1) is 9.29. The molecule has 1 atom stereocenters. The van der Waals surface area contributed by atoms with Gasteiger partial charge in [0.25, 0.3) is 0 Å². The largest absolute Gasteiger partial charge is 0.465 e. The van der Waals surface area contributed by atoms with E-state index in [0.29, 0.717) is 11.5 Å². The van der Waals surface area contributed by atoms with Crippen molar-refractivity contribution in [3.8, 4) is 11.8 Å². The summed E-state index contributed by atoms with van der Waals surface area (Å²) >= 11 is 0. The van der Waals surface area contributed by atoms with E-state index in [9.17, 15) is 4.79 Å². The van der Waals surface area contributed by atoms with Gasteiger partial charge in [-0.05, 0) is 37.0 Å². The molecule has 0 fully saturated rings. The van der Waals surface area contributed by atoms with Crippen molar-refractivity contribution < 1.29 is 9.53 Å². The smallest absolute Gasteiger partial charge is 0.337 e. The Morgan fingerprint density at radius 1 is 1.26 bits per heavy atom. The number of esters is 1. The van der Waals surface area contributed by atoms with Gasteiger partial charge in [-0.3, -0.25) is 0 Å². The summed E-state index contributed by atoms with van der Waals surface area (Å²) < 4.78 is 4.70. The first-order valence-electron chi connectivity index (χ1n) is 6.95. The van der Waals surface area contributed by atoms with Crippen LogP contribution in [0.1, 0.15) is 48.0 Å². The monoisotopic (exact) mass is 256 g/mol. The lowest BCUT2D eigenvalue weighted by Gasteiger charge is -2.12. The molecule has 0 aliphatic heterocycles. The van der Waals surface area contributed by atoms with Gasteiger partial charge in [0.2, 0.25) is 0 Å². The second kappa shape index (κ2) is 6.99. The maximum Gasteiger partial charge on any atom is 0.337 e. The highest BCUT2D eigenvalue weighted by atomic mass is 16.5. The zero-order valence-corrected chi connectivity index (χ0v) is 11.4. The van der Waals surface area contributed by atoms with Crippen LogP contribution >= 0.6 is 0 Å². The summed E-state index contributed by atoms with van der Waals surface area (Å²) in [5, 5.41) is 0. The Kier molecular flexibility index (Phi) is 5.03. The molecule has 0 amide bonds. The summed E-state index contributed by atoms with van der Waals surface area (Å²) in [4.78, 5) is 11.4. The van der Waals surface area contributed by atoms with E-state index in [0.717, 1.165) is 12.8 Å². The van der Waals surface area contributed by atoms with Gasteiger partial charge in [-0.25, -0.2) is 4.79 Å². The van der Waals surface area contributed by atoms with Gasteiger partial charge in [-0.15, -0.1) is 5.92 Å². The number of ether oxygens (including phenoxy) is 1. The molecule has 0 saturated carbocycles. The Bertz CT molecular complexity index is 476. The molecule has 1 aromatic carbocycles. The second-order valence-electron chi connectivity index (χ2n) is 5.01. The zero-order chi connectivity index (χ0) is 13.5. The lowest BCUT2D eigenvalue weighted by atomic mass is 9.92. The molecule has 100 valence electrons. The molecule has 0 spiro atoms. The van der Waals surface area contributed by atoms with Gasteiger partial charge in [0, 0.05) is 12.3 Å². The summed E-state index contributed by atoms with van der Waals surface area (Å²) in [5.74, 6) is 6.83. The Labute approximate surface area is 115 Å². The van der Waals surface area contributed by atoms with Crippen LogP contribution in [0.25, 0.3) is 0 Å². The minimum Gasteiger partial charge on any atom is -0.465 e. The molecule has 0 N–H and O–H groups in total. The Morgan fingerprint density at radius 3 is 2.79 bits per heavy atom. The minimum atomic E-state index is -0.280. The molecule has 0 bridgehead atoms. The van der Waals surface area contributed by atoms with E-state index in [1.807, 2.05) is 24.3 Å². The highest BCUT2D eigenvalue weighted by Gasteiger charge is 2.09. The van der Waals surface area contributed by atoms with E-state index >= 15 is 0 Å². The SMILES string of the molecule is COC(=O)c1ccc(CC2C#CCCCCC2)cc1. The summed E-state index contributed by atoms with van der Waals surface area (Å²) in [6.45, 7) is 0. The Balaban J connectivity index is 2.00. The van der Waals surface area contributed by atoms with Crippen LogP contribution in [-0.2, 0) is 11.2 Å². The predicted octanol–water partition coefficient (Wildman–Crippen LogP) is 3.60. The van der Waals surface area contributed by atoms with Crippen molar-refractivity contribution in [2.75, 3.05) is 7.11 Å². The fourth-order valence-electron chi connectivity index (χ4n) is 2.40. The standard InChI is InChI=1S/C17H20O2/c1-19-17(18)16-11-9-15(10-12-16)13-14-7-5-3-2-4-6-8-14/h9-12,14H,2-5,7,13H2,1H3. The molecule has 1 aromatic rings. The van der Waals surface area contributed by atoms with Crippen molar-refractivity contribution in [3.05, 3.63) is 35.4 Å². The third-order valence-electron chi connectivity index (χ3n) is 3.52. The number of hydrogen-bond donors (Lipinski definition) is 0. The lowest BCUT2D eigenvalue weighted by molar-refractivity contribution is 0.0600. The van der Waals surface area contributed by atoms with Gasteiger partial charge in [0.1, 0.15) is 0 Å². The number of hydrogen-bond acceptors (Lipinski definition) is 2. The fourth-order valence-corrected chi connectivity index (χ4v) is 2.40. The summed E-state index contributed by atoms with van der Waals surface area (Å²) in [7, 11) is 1.40. The minimum absolute atomic E-state index is 0.280. The topological polar surface area (TPSA) is 26.3 Å². The van der Waals surface area contributed by atoms with Gasteiger partial charge in [0.05, 0.1) is 12.7 Å². The van der Waals surface area contributed by atoms with Crippen LogP contribution in [0.5, 0.6) is 0 Å². The molecule has 0 aromatic heterocycles. The van der Waals surface area contributed by atoms with Gasteiger partial charge in [-0.1, -0.05) is 30.9 Å².